The van der Waals surface area contributed by atoms with Gasteiger partial charge < -0.3 is 14.9 Å². The van der Waals surface area contributed by atoms with E-state index >= 15 is 0 Å². The van der Waals surface area contributed by atoms with Gasteiger partial charge in [-0.25, -0.2) is 14.8 Å². The number of anilines is 1. The molecule has 10 heteroatoms. The number of aromatic nitrogens is 2. The van der Waals surface area contributed by atoms with Crippen LogP contribution in [0.25, 0.3) is 0 Å². The van der Waals surface area contributed by atoms with Crippen LogP contribution in [0.5, 0.6) is 0 Å². The molecular formula is C18H23F3N4O3. The van der Waals surface area contributed by atoms with Crippen molar-refractivity contribution in [3.63, 3.8) is 0 Å². The lowest BCUT2D eigenvalue weighted by Gasteiger charge is -2.37. The predicted octanol–water partition coefficient (Wildman–Crippen LogP) is 2.34. The topological polar surface area (TPSA) is 86.6 Å². The molecule has 1 N–H and O–H groups in total. The van der Waals surface area contributed by atoms with E-state index < -0.39 is 12.1 Å². The van der Waals surface area contributed by atoms with Crippen molar-refractivity contribution in [1.82, 2.24) is 14.9 Å². The van der Waals surface area contributed by atoms with Crippen LogP contribution in [0.1, 0.15) is 32.1 Å². The van der Waals surface area contributed by atoms with Gasteiger partial charge in [0.15, 0.2) is 0 Å². The smallest absolute Gasteiger partial charge is 0.475 e. The summed E-state index contributed by atoms with van der Waals surface area (Å²) in [4.78, 5) is 34.6. The number of carboxylic acids is 1. The first-order valence-electron chi connectivity index (χ1n) is 9.33. The number of carbonyl (C=O) groups is 2. The molecule has 2 aliphatic heterocycles. The first-order chi connectivity index (χ1) is 13.2. The highest BCUT2D eigenvalue weighted by molar-refractivity contribution is 5.85. The zero-order valence-electron chi connectivity index (χ0n) is 15.4. The molecule has 2 saturated heterocycles. The van der Waals surface area contributed by atoms with Gasteiger partial charge in [-0.15, -0.1) is 0 Å². The quantitative estimate of drug-likeness (QED) is 0.838. The van der Waals surface area contributed by atoms with E-state index in [0.29, 0.717) is 5.91 Å². The van der Waals surface area contributed by atoms with Crippen molar-refractivity contribution in [3.8, 4) is 0 Å². The second-order valence-electron chi connectivity index (χ2n) is 7.56. The van der Waals surface area contributed by atoms with Gasteiger partial charge in [0.25, 0.3) is 0 Å². The molecule has 28 heavy (non-hydrogen) atoms. The van der Waals surface area contributed by atoms with E-state index in [0.717, 1.165) is 57.3 Å². The Morgan fingerprint density at radius 1 is 1.14 bits per heavy atom. The SMILES string of the molecule is O=C(O)C(F)(F)F.O=C1N(CC2CC2)CCC12CCN(c1ncccn1)CC2. The molecule has 4 rings (SSSR count). The van der Waals surface area contributed by atoms with E-state index in [9.17, 15) is 18.0 Å². The minimum atomic E-state index is -5.08. The summed E-state index contributed by atoms with van der Waals surface area (Å²) in [6, 6.07) is 1.84. The standard InChI is InChI=1S/C16H22N4O.C2HF3O2/c21-14-16(6-11-20(14)12-13-2-3-13)4-9-19(10-5-16)15-17-7-1-8-18-15;3-2(4,5)1(6)7/h1,7-8,13H,2-6,9-12H2;(H,6,7). The van der Waals surface area contributed by atoms with Gasteiger partial charge in [-0.3, -0.25) is 4.79 Å². The second kappa shape index (κ2) is 7.92. The number of likely N-dealkylation sites (tertiary alicyclic amines) is 1. The Morgan fingerprint density at radius 2 is 1.68 bits per heavy atom. The zero-order valence-corrected chi connectivity index (χ0v) is 15.4. The number of nitrogens with zero attached hydrogens (tertiary/aromatic N) is 4. The van der Waals surface area contributed by atoms with E-state index in [-0.39, 0.29) is 5.41 Å². The van der Waals surface area contributed by atoms with Crippen LogP contribution in [0.15, 0.2) is 18.5 Å². The van der Waals surface area contributed by atoms with Gasteiger partial charge in [0.2, 0.25) is 11.9 Å². The molecule has 1 spiro atoms. The Bertz CT molecular complexity index is 702. The van der Waals surface area contributed by atoms with Crippen LogP contribution < -0.4 is 4.90 Å². The fourth-order valence-corrected chi connectivity index (χ4v) is 3.73. The summed E-state index contributed by atoms with van der Waals surface area (Å²) in [6.07, 6.45) is 4.06. The Labute approximate surface area is 160 Å². The summed E-state index contributed by atoms with van der Waals surface area (Å²) < 4.78 is 31.7. The summed E-state index contributed by atoms with van der Waals surface area (Å²) >= 11 is 0. The normalized spacial score (nSPS) is 21.5. The summed E-state index contributed by atoms with van der Waals surface area (Å²) in [5.74, 6) is -0.745. The van der Waals surface area contributed by atoms with E-state index in [4.69, 9.17) is 9.90 Å². The maximum atomic E-state index is 12.8. The highest BCUT2D eigenvalue weighted by Crippen LogP contribution is 2.43. The summed E-state index contributed by atoms with van der Waals surface area (Å²) in [7, 11) is 0. The molecule has 0 unspecified atom stereocenters. The number of hydrogen-bond acceptors (Lipinski definition) is 5. The Balaban J connectivity index is 0.000000279. The molecule has 0 bridgehead atoms. The fourth-order valence-electron chi connectivity index (χ4n) is 3.73. The molecule has 3 heterocycles. The van der Waals surface area contributed by atoms with Gasteiger partial charge in [-0.05, 0) is 44.1 Å². The van der Waals surface area contributed by atoms with E-state index in [2.05, 4.69) is 19.8 Å². The van der Waals surface area contributed by atoms with Gasteiger partial charge in [-0.1, -0.05) is 0 Å². The van der Waals surface area contributed by atoms with Crippen molar-refractivity contribution in [3.05, 3.63) is 18.5 Å². The maximum absolute atomic E-state index is 12.8. The molecule has 7 nitrogen and oxygen atoms in total. The van der Waals surface area contributed by atoms with Gasteiger partial charge in [-0.2, -0.15) is 13.2 Å². The average molecular weight is 400 g/mol. The van der Waals surface area contributed by atoms with E-state index in [1.807, 2.05) is 6.07 Å². The van der Waals surface area contributed by atoms with Crippen LogP contribution in [0, 0.1) is 11.3 Å². The lowest BCUT2D eigenvalue weighted by atomic mass is 9.77. The Kier molecular flexibility index (Phi) is 5.76. The molecule has 1 saturated carbocycles. The molecule has 0 radical (unpaired) electrons. The maximum Gasteiger partial charge on any atom is 0.490 e. The van der Waals surface area contributed by atoms with Crippen molar-refractivity contribution in [2.75, 3.05) is 31.1 Å². The van der Waals surface area contributed by atoms with Crippen LogP contribution in [0.2, 0.25) is 0 Å². The average Bonchev–Trinajstić information content (AvgIpc) is 3.44. The lowest BCUT2D eigenvalue weighted by Crippen LogP contribution is -2.45. The lowest BCUT2D eigenvalue weighted by molar-refractivity contribution is -0.192. The molecule has 154 valence electrons. The number of alkyl halides is 3. The number of rotatable bonds is 3. The minimum Gasteiger partial charge on any atom is -0.475 e. The van der Waals surface area contributed by atoms with Crippen molar-refractivity contribution in [1.29, 1.82) is 0 Å². The van der Waals surface area contributed by atoms with Crippen molar-refractivity contribution in [2.45, 2.75) is 38.3 Å². The number of carboxylic acid groups (broad SMARTS) is 1. The van der Waals surface area contributed by atoms with E-state index in [1.165, 1.54) is 12.8 Å². The third-order valence-corrected chi connectivity index (χ3v) is 5.57. The molecule has 0 atom stereocenters. The first kappa shape index (κ1) is 20.3. The van der Waals surface area contributed by atoms with Crippen molar-refractivity contribution in [2.24, 2.45) is 11.3 Å². The molecular weight excluding hydrogens is 377 g/mol. The minimum absolute atomic E-state index is 0.0832. The summed E-state index contributed by atoms with van der Waals surface area (Å²) in [6.45, 7) is 3.77. The molecule has 1 aliphatic carbocycles. The highest BCUT2D eigenvalue weighted by Gasteiger charge is 2.49. The Morgan fingerprint density at radius 3 is 2.18 bits per heavy atom. The van der Waals surface area contributed by atoms with Crippen LogP contribution in [0.4, 0.5) is 19.1 Å². The number of halogens is 3. The third kappa shape index (κ3) is 4.71. The number of amides is 1. The van der Waals surface area contributed by atoms with Gasteiger partial charge in [0.05, 0.1) is 5.41 Å². The monoisotopic (exact) mass is 400 g/mol. The van der Waals surface area contributed by atoms with Crippen LogP contribution in [-0.4, -0.2) is 64.2 Å². The number of carbonyl (C=O) groups excluding carboxylic acids is 1. The molecule has 1 aromatic rings. The fraction of sp³-hybridized carbons (Fsp3) is 0.667. The van der Waals surface area contributed by atoms with Crippen LogP contribution in [0.3, 0.4) is 0 Å². The van der Waals surface area contributed by atoms with Crippen LogP contribution >= 0.6 is 0 Å². The largest absolute Gasteiger partial charge is 0.490 e. The molecule has 3 aliphatic rings. The van der Waals surface area contributed by atoms with Crippen molar-refractivity contribution >= 4 is 17.8 Å². The second-order valence-corrected chi connectivity index (χ2v) is 7.56. The number of hydrogen-bond donors (Lipinski definition) is 1. The van der Waals surface area contributed by atoms with Gasteiger partial charge >= 0.3 is 12.1 Å². The van der Waals surface area contributed by atoms with E-state index in [1.54, 1.807) is 12.4 Å². The third-order valence-electron chi connectivity index (χ3n) is 5.57. The molecule has 0 aromatic carbocycles. The summed E-state index contributed by atoms with van der Waals surface area (Å²) in [5.41, 5.74) is -0.0832. The molecule has 3 fully saturated rings. The van der Waals surface area contributed by atoms with Crippen LogP contribution in [-0.2, 0) is 9.59 Å². The molecule has 1 amide bonds. The molecule has 1 aromatic heterocycles. The zero-order chi connectivity index (χ0) is 20.4. The summed E-state index contributed by atoms with van der Waals surface area (Å²) in [5, 5.41) is 7.12. The number of aliphatic carboxylic acids is 1. The van der Waals surface area contributed by atoms with Gasteiger partial charge in [0.1, 0.15) is 0 Å². The number of piperidine rings is 1. The highest BCUT2D eigenvalue weighted by atomic mass is 19.4. The first-order valence-corrected chi connectivity index (χ1v) is 9.33. The van der Waals surface area contributed by atoms with Gasteiger partial charge in [0, 0.05) is 38.6 Å². The van der Waals surface area contributed by atoms with Crippen molar-refractivity contribution < 1.29 is 27.9 Å². The predicted molar refractivity (Wildman–Crippen MR) is 93.5 cm³/mol. The Hall–Kier alpha value is -2.39.